The Kier molecular flexibility index (Phi) is 2.71. The van der Waals surface area contributed by atoms with Crippen molar-refractivity contribution in [1.82, 2.24) is 4.98 Å². The lowest BCUT2D eigenvalue weighted by Gasteiger charge is -2.08. The van der Waals surface area contributed by atoms with Crippen molar-refractivity contribution in [2.45, 2.75) is 5.92 Å². The largest absolute Gasteiger partial charge is 0.508 e. The van der Waals surface area contributed by atoms with Crippen LogP contribution in [0.2, 0.25) is 0 Å². The van der Waals surface area contributed by atoms with Crippen LogP contribution in [0.1, 0.15) is 11.6 Å². The molecule has 2 aromatic rings. The SMILES string of the molecule is N#CC(CO)c1nccc2ccc(O)cc12. The Balaban J connectivity index is 2.70. The molecule has 1 heterocycles. The van der Waals surface area contributed by atoms with E-state index in [0.29, 0.717) is 11.1 Å². The third-order valence-corrected chi connectivity index (χ3v) is 2.45. The van der Waals surface area contributed by atoms with E-state index in [4.69, 9.17) is 10.4 Å². The molecule has 0 bridgehead atoms. The third-order valence-electron chi connectivity index (χ3n) is 2.45. The molecule has 1 unspecified atom stereocenters. The number of aromatic hydroxyl groups is 1. The van der Waals surface area contributed by atoms with Crippen molar-refractivity contribution in [2.24, 2.45) is 0 Å². The van der Waals surface area contributed by atoms with Crippen molar-refractivity contribution >= 4 is 10.8 Å². The Morgan fingerprint density at radius 3 is 2.88 bits per heavy atom. The Hall–Kier alpha value is -2.12. The molecule has 0 aliphatic heterocycles. The van der Waals surface area contributed by atoms with Gasteiger partial charge in [0.15, 0.2) is 0 Å². The first kappa shape index (κ1) is 10.4. The molecule has 0 fully saturated rings. The number of nitriles is 1. The Morgan fingerprint density at radius 2 is 2.19 bits per heavy atom. The van der Waals surface area contributed by atoms with E-state index < -0.39 is 5.92 Å². The first-order valence-electron chi connectivity index (χ1n) is 4.84. The first-order chi connectivity index (χ1) is 7.76. The summed E-state index contributed by atoms with van der Waals surface area (Å²) in [5.41, 5.74) is 0.499. The van der Waals surface area contributed by atoms with Crippen LogP contribution in [0.5, 0.6) is 5.75 Å². The Bertz CT molecular complexity index is 560. The van der Waals surface area contributed by atoms with Gasteiger partial charge in [-0.1, -0.05) is 6.07 Å². The second-order valence-corrected chi connectivity index (χ2v) is 3.47. The lowest BCUT2D eigenvalue weighted by Crippen LogP contribution is -2.04. The lowest BCUT2D eigenvalue weighted by molar-refractivity contribution is 0.284. The second kappa shape index (κ2) is 4.17. The molecular weight excluding hydrogens is 204 g/mol. The van der Waals surface area contributed by atoms with Crippen LogP contribution in [0.15, 0.2) is 30.5 Å². The number of aliphatic hydroxyl groups is 1. The Labute approximate surface area is 92.4 Å². The fourth-order valence-corrected chi connectivity index (χ4v) is 1.64. The molecule has 0 amide bonds. The highest BCUT2D eigenvalue weighted by molar-refractivity contribution is 5.86. The van der Waals surface area contributed by atoms with E-state index in [2.05, 4.69) is 4.98 Å². The van der Waals surface area contributed by atoms with Gasteiger partial charge < -0.3 is 10.2 Å². The van der Waals surface area contributed by atoms with Gasteiger partial charge in [-0.3, -0.25) is 4.98 Å². The van der Waals surface area contributed by atoms with Crippen molar-refractivity contribution < 1.29 is 10.2 Å². The summed E-state index contributed by atoms with van der Waals surface area (Å²) in [6.45, 7) is -0.279. The van der Waals surface area contributed by atoms with Crippen LogP contribution < -0.4 is 0 Å². The van der Waals surface area contributed by atoms with E-state index >= 15 is 0 Å². The van der Waals surface area contributed by atoms with Gasteiger partial charge in [0.1, 0.15) is 11.7 Å². The van der Waals surface area contributed by atoms with Crippen molar-refractivity contribution in [3.8, 4) is 11.8 Å². The van der Waals surface area contributed by atoms with E-state index in [9.17, 15) is 5.11 Å². The molecule has 0 spiro atoms. The minimum Gasteiger partial charge on any atom is -0.508 e. The number of phenols is 1. The fourth-order valence-electron chi connectivity index (χ4n) is 1.64. The molecule has 0 radical (unpaired) electrons. The van der Waals surface area contributed by atoms with Gasteiger partial charge in [-0.25, -0.2) is 0 Å². The van der Waals surface area contributed by atoms with Crippen molar-refractivity contribution in [3.05, 3.63) is 36.2 Å². The standard InChI is InChI=1S/C12H10N2O2/c13-6-9(7-15)12-11-5-10(16)2-1-8(11)3-4-14-12/h1-5,9,15-16H,7H2. The number of aromatic nitrogens is 1. The summed E-state index contributed by atoms with van der Waals surface area (Å²) in [5, 5.41) is 29.0. The van der Waals surface area contributed by atoms with Gasteiger partial charge in [0.2, 0.25) is 0 Å². The topological polar surface area (TPSA) is 77.1 Å². The summed E-state index contributed by atoms with van der Waals surface area (Å²) in [4.78, 5) is 4.10. The van der Waals surface area contributed by atoms with Crippen LogP contribution in [-0.2, 0) is 0 Å². The summed E-state index contributed by atoms with van der Waals surface area (Å²) in [7, 11) is 0. The monoisotopic (exact) mass is 214 g/mol. The van der Waals surface area contributed by atoms with Crippen molar-refractivity contribution in [2.75, 3.05) is 6.61 Å². The summed E-state index contributed by atoms with van der Waals surface area (Å²) in [5.74, 6) is -0.540. The quantitative estimate of drug-likeness (QED) is 0.794. The average Bonchev–Trinajstić information content (AvgIpc) is 2.31. The molecule has 0 aliphatic carbocycles. The van der Waals surface area contributed by atoms with E-state index in [1.165, 1.54) is 0 Å². The van der Waals surface area contributed by atoms with Gasteiger partial charge in [-0.15, -0.1) is 0 Å². The van der Waals surface area contributed by atoms with Gasteiger partial charge in [-0.2, -0.15) is 5.26 Å². The predicted octanol–water partition coefficient (Wildman–Crippen LogP) is 1.54. The highest BCUT2D eigenvalue weighted by Gasteiger charge is 2.14. The number of hydrogen-bond acceptors (Lipinski definition) is 4. The number of fused-ring (bicyclic) bond motifs is 1. The molecule has 4 heteroatoms. The maximum absolute atomic E-state index is 9.41. The minimum absolute atomic E-state index is 0.122. The van der Waals surface area contributed by atoms with Gasteiger partial charge in [0.25, 0.3) is 0 Å². The van der Waals surface area contributed by atoms with Gasteiger partial charge >= 0.3 is 0 Å². The zero-order valence-corrected chi connectivity index (χ0v) is 8.46. The molecule has 80 valence electrons. The highest BCUT2D eigenvalue weighted by Crippen LogP contribution is 2.26. The summed E-state index contributed by atoms with van der Waals surface area (Å²) in [6.07, 6.45) is 1.59. The number of pyridine rings is 1. The molecule has 2 rings (SSSR count). The second-order valence-electron chi connectivity index (χ2n) is 3.47. The van der Waals surface area contributed by atoms with E-state index in [1.54, 1.807) is 30.5 Å². The molecule has 0 saturated carbocycles. The lowest BCUT2D eigenvalue weighted by atomic mass is 10.0. The maximum atomic E-state index is 9.41. The van der Waals surface area contributed by atoms with E-state index in [-0.39, 0.29) is 12.4 Å². The number of benzene rings is 1. The minimum atomic E-state index is -0.662. The molecule has 4 nitrogen and oxygen atoms in total. The first-order valence-corrected chi connectivity index (χ1v) is 4.84. The fraction of sp³-hybridized carbons (Fsp3) is 0.167. The van der Waals surface area contributed by atoms with Crippen LogP contribution in [0.25, 0.3) is 10.8 Å². The third kappa shape index (κ3) is 1.69. The molecule has 0 aliphatic rings. The van der Waals surface area contributed by atoms with E-state index in [0.717, 1.165) is 5.39 Å². The van der Waals surface area contributed by atoms with Crippen LogP contribution >= 0.6 is 0 Å². The zero-order chi connectivity index (χ0) is 11.5. The zero-order valence-electron chi connectivity index (χ0n) is 8.46. The van der Waals surface area contributed by atoms with Gasteiger partial charge in [0.05, 0.1) is 18.4 Å². The van der Waals surface area contributed by atoms with Gasteiger partial charge in [0, 0.05) is 11.6 Å². The number of rotatable bonds is 2. The van der Waals surface area contributed by atoms with E-state index in [1.807, 2.05) is 6.07 Å². The summed E-state index contributed by atoms with van der Waals surface area (Å²) >= 11 is 0. The van der Waals surface area contributed by atoms with Crippen LogP contribution in [-0.4, -0.2) is 21.8 Å². The molecule has 0 saturated heterocycles. The van der Waals surface area contributed by atoms with Crippen LogP contribution in [0, 0.1) is 11.3 Å². The number of aliphatic hydroxyl groups excluding tert-OH is 1. The number of hydrogen-bond donors (Lipinski definition) is 2. The molecule has 1 aromatic carbocycles. The molecule has 1 atom stereocenters. The molecule has 1 aromatic heterocycles. The summed E-state index contributed by atoms with van der Waals surface area (Å²) in [6, 6.07) is 8.66. The molecular formula is C12H10N2O2. The number of phenolic OH excluding ortho intramolecular Hbond substituents is 1. The Morgan fingerprint density at radius 1 is 1.38 bits per heavy atom. The van der Waals surface area contributed by atoms with Crippen LogP contribution in [0.3, 0.4) is 0 Å². The van der Waals surface area contributed by atoms with Crippen molar-refractivity contribution in [1.29, 1.82) is 5.26 Å². The molecule has 2 N–H and O–H groups in total. The average molecular weight is 214 g/mol. The predicted molar refractivity (Wildman–Crippen MR) is 58.8 cm³/mol. The van der Waals surface area contributed by atoms with Gasteiger partial charge in [-0.05, 0) is 23.6 Å². The number of nitrogens with zero attached hydrogens (tertiary/aromatic N) is 2. The normalized spacial score (nSPS) is 12.2. The maximum Gasteiger partial charge on any atom is 0.116 e. The molecule has 16 heavy (non-hydrogen) atoms. The summed E-state index contributed by atoms with van der Waals surface area (Å²) < 4.78 is 0. The van der Waals surface area contributed by atoms with Crippen LogP contribution in [0.4, 0.5) is 0 Å². The smallest absolute Gasteiger partial charge is 0.116 e. The van der Waals surface area contributed by atoms with Crippen molar-refractivity contribution in [3.63, 3.8) is 0 Å². The highest BCUT2D eigenvalue weighted by atomic mass is 16.3.